The lowest BCUT2D eigenvalue weighted by Crippen LogP contribution is -2.36. The molecule has 0 aromatic heterocycles. The van der Waals surface area contributed by atoms with Gasteiger partial charge >= 0.3 is 5.69 Å². The van der Waals surface area contributed by atoms with Crippen LogP contribution >= 0.6 is 0 Å². The zero-order valence-electron chi connectivity index (χ0n) is 12.7. The van der Waals surface area contributed by atoms with Crippen molar-refractivity contribution in [2.24, 2.45) is 5.92 Å². The van der Waals surface area contributed by atoms with Crippen molar-refractivity contribution >= 4 is 11.4 Å². The third kappa shape index (κ3) is 4.38. The van der Waals surface area contributed by atoms with Crippen molar-refractivity contribution in [2.75, 3.05) is 33.1 Å². The fourth-order valence-electron chi connectivity index (χ4n) is 1.95. The second-order valence-electron chi connectivity index (χ2n) is 5.40. The summed E-state index contributed by atoms with van der Waals surface area (Å²) < 4.78 is 5.08. The minimum atomic E-state index is -0.442. The predicted octanol–water partition coefficient (Wildman–Crippen LogP) is 2.60. The van der Waals surface area contributed by atoms with Crippen LogP contribution in [0.15, 0.2) is 18.2 Å². The normalized spacial score (nSPS) is 12.6. The van der Waals surface area contributed by atoms with Gasteiger partial charge in [-0.2, -0.15) is 0 Å². The molecule has 1 unspecified atom stereocenters. The van der Waals surface area contributed by atoms with Gasteiger partial charge in [0.05, 0.1) is 12.0 Å². The predicted molar refractivity (Wildman–Crippen MR) is 80.5 cm³/mol. The van der Waals surface area contributed by atoms with Crippen LogP contribution in [0.2, 0.25) is 0 Å². The molecule has 1 aromatic rings. The van der Waals surface area contributed by atoms with Gasteiger partial charge in [-0.1, -0.05) is 13.8 Å². The van der Waals surface area contributed by atoms with Gasteiger partial charge in [-0.3, -0.25) is 10.1 Å². The quantitative estimate of drug-likeness (QED) is 0.614. The van der Waals surface area contributed by atoms with Crippen LogP contribution in [0.4, 0.5) is 11.4 Å². The topological polar surface area (TPSA) is 67.6 Å². The molecule has 6 heteroatoms. The van der Waals surface area contributed by atoms with Gasteiger partial charge in [0.25, 0.3) is 0 Å². The fraction of sp³-hybridized carbons (Fsp3) is 0.571. The van der Waals surface area contributed by atoms with E-state index in [2.05, 4.69) is 24.1 Å². The lowest BCUT2D eigenvalue weighted by Gasteiger charge is -2.26. The lowest BCUT2D eigenvalue weighted by molar-refractivity contribution is -0.385. The summed E-state index contributed by atoms with van der Waals surface area (Å²) in [5.74, 6) is 0.714. The molecule has 0 fully saturated rings. The van der Waals surface area contributed by atoms with E-state index in [-0.39, 0.29) is 17.5 Å². The summed E-state index contributed by atoms with van der Waals surface area (Å²) in [6.45, 7) is 5.17. The Balaban J connectivity index is 2.93. The molecule has 0 aliphatic heterocycles. The molecular weight excluding hydrogens is 258 g/mol. The van der Waals surface area contributed by atoms with Crippen LogP contribution < -0.4 is 10.1 Å². The van der Waals surface area contributed by atoms with Crippen molar-refractivity contribution in [1.82, 2.24) is 4.90 Å². The molecule has 0 aliphatic rings. The van der Waals surface area contributed by atoms with E-state index in [0.29, 0.717) is 5.92 Å². The zero-order chi connectivity index (χ0) is 15.3. The smallest absolute Gasteiger partial charge is 0.311 e. The highest BCUT2D eigenvalue weighted by Crippen LogP contribution is 2.30. The number of hydrogen-bond donors (Lipinski definition) is 1. The second-order valence-corrected chi connectivity index (χ2v) is 5.40. The molecule has 0 saturated carbocycles. The molecule has 1 rings (SSSR count). The van der Waals surface area contributed by atoms with Crippen LogP contribution in [0.1, 0.15) is 13.8 Å². The van der Waals surface area contributed by atoms with Crippen molar-refractivity contribution in [1.29, 1.82) is 0 Å². The van der Waals surface area contributed by atoms with Crippen LogP contribution in [-0.4, -0.2) is 43.6 Å². The molecule has 0 heterocycles. The van der Waals surface area contributed by atoms with E-state index in [1.165, 1.54) is 13.2 Å². The Morgan fingerprint density at radius 2 is 2.05 bits per heavy atom. The van der Waals surface area contributed by atoms with Gasteiger partial charge in [-0.05, 0) is 26.1 Å². The number of nitrogens with one attached hydrogen (secondary N) is 1. The Bertz CT molecular complexity index is 461. The van der Waals surface area contributed by atoms with E-state index in [1.54, 1.807) is 12.1 Å². The van der Waals surface area contributed by atoms with Crippen LogP contribution in [0.3, 0.4) is 0 Å². The van der Waals surface area contributed by atoms with E-state index >= 15 is 0 Å². The number of likely N-dealkylation sites (N-methyl/N-ethyl adjacent to an activating group) is 1. The molecule has 6 nitrogen and oxygen atoms in total. The number of anilines is 1. The van der Waals surface area contributed by atoms with Crippen molar-refractivity contribution < 1.29 is 9.66 Å². The van der Waals surface area contributed by atoms with Crippen molar-refractivity contribution in [3.8, 4) is 5.75 Å². The number of benzene rings is 1. The highest BCUT2D eigenvalue weighted by atomic mass is 16.6. The highest BCUT2D eigenvalue weighted by molar-refractivity contribution is 5.58. The van der Waals surface area contributed by atoms with Gasteiger partial charge in [-0.25, -0.2) is 0 Å². The molecule has 0 amide bonds. The Morgan fingerprint density at radius 3 is 2.50 bits per heavy atom. The summed E-state index contributed by atoms with van der Waals surface area (Å²) in [6, 6.07) is 5.11. The minimum absolute atomic E-state index is 0.0215. The number of nitro benzene ring substituents is 1. The highest BCUT2D eigenvalue weighted by Gasteiger charge is 2.18. The first kappa shape index (κ1) is 16.2. The SMILES string of the molecule is COc1cc(NC(CN(C)C)C(C)C)ccc1[N+](=O)[O-]. The zero-order valence-corrected chi connectivity index (χ0v) is 12.7. The molecule has 1 atom stereocenters. The third-order valence-electron chi connectivity index (χ3n) is 3.10. The molecule has 1 N–H and O–H groups in total. The van der Waals surface area contributed by atoms with Crippen LogP contribution in [0.25, 0.3) is 0 Å². The molecule has 0 aliphatic carbocycles. The summed E-state index contributed by atoms with van der Waals surface area (Å²) in [5.41, 5.74) is 0.805. The third-order valence-corrected chi connectivity index (χ3v) is 3.10. The molecule has 1 aromatic carbocycles. The minimum Gasteiger partial charge on any atom is -0.490 e. The number of nitro groups is 1. The average molecular weight is 281 g/mol. The summed E-state index contributed by atoms with van der Waals surface area (Å²) >= 11 is 0. The number of rotatable bonds is 7. The molecule has 20 heavy (non-hydrogen) atoms. The van der Waals surface area contributed by atoms with E-state index < -0.39 is 4.92 Å². The van der Waals surface area contributed by atoms with Gasteiger partial charge in [0.1, 0.15) is 0 Å². The van der Waals surface area contributed by atoms with E-state index in [1.807, 2.05) is 14.1 Å². The Hall–Kier alpha value is -1.82. The molecule has 0 radical (unpaired) electrons. The second kappa shape index (κ2) is 7.09. The summed E-state index contributed by atoms with van der Waals surface area (Å²) in [5, 5.41) is 14.3. The van der Waals surface area contributed by atoms with E-state index in [9.17, 15) is 10.1 Å². The first-order chi connectivity index (χ1) is 9.35. The van der Waals surface area contributed by atoms with Crippen molar-refractivity contribution in [2.45, 2.75) is 19.9 Å². The van der Waals surface area contributed by atoms with Crippen LogP contribution in [0, 0.1) is 16.0 Å². The maximum Gasteiger partial charge on any atom is 0.311 e. The molecule has 0 saturated heterocycles. The fourth-order valence-corrected chi connectivity index (χ4v) is 1.95. The van der Waals surface area contributed by atoms with Crippen LogP contribution in [0.5, 0.6) is 5.75 Å². The van der Waals surface area contributed by atoms with Gasteiger partial charge in [0, 0.05) is 30.4 Å². The number of nitrogens with zero attached hydrogens (tertiary/aromatic N) is 2. The largest absolute Gasteiger partial charge is 0.490 e. The summed E-state index contributed by atoms with van der Waals surface area (Å²) in [4.78, 5) is 12.5. The molecular formula is C14H23N3O3. The van der Waals surface area contributed by atoms with Crippen molar-refractivity contribution in [3.05, 3.63) is 28.3 Å². The first-order valence-corrected chi connectivity index (χ1v) is 6.58. The van der Waals surface area contributed by atoms with E-state index in [4.69, 9.17) is 4.74 Å². The Morgan fingerprint density at radius 1 is 1.40 bits per heavy atom. The lowest BCUT2D eigenvalue weighted by atomic mass is 10.0. The average Bonchev–Trinajstić information content (AvgIpc) is 2.36. The number of hydrogen-bond acceptors (Lipinski definition) is 5. The Kier molecular flexibility index (Phi) is 5.76. The number of ether oxygens (including phenoxy) is 1. The van der Waals surface area contributed by atoms with E-state index in [0.717, 1.165) is 12.2 Å². The van der Waals surface area contributed by atoms with Crippen LogP contribution in [-0.2, 0) is 0 Å². The first-order valence-electron chi connectivity index (χ1n) is 6.58. The summed E-state index contributed by atoms with van der Waals surface area (Å²) in [7, 11) is 5.48. The van der Waals surface area contributed by atoms with Gasteiger partial charge in [-0.15, -0.1) is 0 Å². The summed E-state index contributed by atoms with van der Waals surface area (Å²) in [6.07, 6.45) is 0. The maximum atomic E-state index is 10.9. The molecule has 0 bridgehead atoms. The van der Waals surface area contributed by atoms with Gasteiger partial charge in [0.2, 0.25) is 0 Å². The standard InChI is InChI=1S/C14H23N3O3/c1-10(2)12(9-16(3)4)15-11-6-7-13(17(18)19)14(8-11)20-5/h6-8,10,12,15H,9H2,1-5H3. The number of methoxy groups -OCH3 is 1. The van der Waals surface area contributed by atoms with Gasteiger partial charge in [0.15, 0.2) is 5.75 Å². The molecule has 0 spiro atoms. The molecule has 112 valence electrons. The monoisotopic (exact) mass is 281 g/mol. The Labute approximate surface area is 119 Å². The maximum absolute atomic E-state index is 10.9. The van der Waals surface area contributed by atoms with Crippen molar-refractivity contribution in [3.63, 3.8) is 0 Å². The van der Waals surface area contributed by atoms with Gasteiger partial charge < -0.3 is 15.0 Å².